The van der Waals surface area contributed by atoms with E-state index in [9.17, 15) is 10.1 Å². The highest BCUT2D eigenvalue weighted by Gasteiger charge is 2.33. The summed E-state index contributed by atoms with van der Waals surface area (Å²) in [7, 11) is 1.53. The zero-order valence-corrected chi connectivity index (χ0v) is 15.3. The fraction of sp³-hybridized carbons (Fsp3) is 0.222. The second-order valence-electron chi connectivity index (χ2n) is 5.35. The van der Waals surface area contributed by atoms with E-state index in [1.165, 1.54) is 13.2 Å². The van der Waals surface area contributed by atoms with E-state index in [0.29, 0.717) is 35.0 Å². The van der Waals surface area contributed by atoms with Crippen LogP contribution in [0.15, 0.2) is 46.6 Å². The first kappa shape index (κ1) is 17.3. The molecule has 6 nitrogen and oxygen atoms in total. The Morgan fingerprint density at radius 2 is 2.04 bits per heavy atom. The van der Waals surface area contributed by atoms with E-state index in [1.807, 2.05) is 13.0 Å². The first-order valence-electron chi connectivity index (χ1n) is 7.66. The van der Waals surface area contributed by atoms with E-state index >= 15 is 0 Å². The van der Waals surface area contributed by atoms with Crippen molar-refractivity contribution >= 4 is 22.0 Å². The Labute approximate surface area is 153 Å². The number of fused-ring (bicyclic) bond motifs is 1. The highest BCUT2D eigenvalue weighted by Crippen LogP contribution is 2.40. The van der Waals surface area contributed by atoms with Crippen molar-refractivity contribution in [1.29, 1.82) is 0 Å². The smallest absolute Gasteiger partial charge is 0.291 e. The number of hydrogen-bond acceptors (Lipinski definition) is 5. The lowest BCUT2D eigenvalue weighted by atomic mass is 10.0. The van der Waals surface area contributed by atoms with Crippen molar-refractivity contribution < 1.29 is 19.1 Å². The molecule has 3 rings (SSSR count). The number of rotatable bonds is 5. The van der Waals surface area contributed by atoms with Crippen LogP contribution in [0.3, 0.4) is 0 Å². The maximum Gasteiger partial charge on any atom is 0.291 e. The minimum Gasteiger partial charge on any atom is -0.493 e. The van der Waals surface area contributed by atoms with Crippen LogP contribution in [-0.4, -0.2) is 18.6 Å². The number of nitro groups is 1. The number of nitrogens with zero attached hydrogens (tertiary/aromatic N) is 1. The van der Waals surface area contributed by atoms with Crippen LogP contribution in [0, 0.1) is 10.1 Å². The molecular weight excluding hydrogens is 390 g/mol. The molecule has 0 bridgehead atoms. The molecule has 0 radical (unpaired) electrons. The highest BCUT2D eigenvalue weighted by atomic mass is 79.9. The van der Waals surface area contributed by atoms with Gasteiger partial charge < -0.3 is 14.2 Å². The summed E-state index contributed by atoms with van der Waals surface area (Å²) in [6.07, 6.45) is 0.713. The van der Waals surface area contributed by atoms with Crippen molar-refractivity contribution in [2.75, 3.05) is 13.7 Å². The lowest BCUT2D eigenvalue weighted by Crippen LogP contribution is -2.19. The van der Waals surface area contributed by atoms with Gasteiger partial charge in [0.25, 0.3) is 5.70 Å². The predicted molar refractivity (Wildman–Crippen MR) is 96.6 cm³/mol. The number of benzene rings is 2. The molecule has 0 saturated heterocycles. The van der Waals surface area contributed by atoms with Crippen molar-refractivity contribution in [1.82, 2.24) is 0 Å². The molecule has 25 heavy (non-hydrogen) atoms. The summed E-state index contributed by atoms with van der Waals surface area (Å²) in [5, 5.41) is 11.5. The lowest BCUT2D eigenvalue weighted by molar-refractivity contribution is -0.434. The lowest BCUT2D eigenvalue weighted by Gasteiger charge is -2.23. The fourth-order valence-electron chi connectivity index (χ4n) is 2.67. The van der Waals surface area contributed by atoms with Crippen LogP contribution in [0.2, 0.25) is 0 Å². The molecule has 130 valence electrons. The quantitative estimate of drug-likeness (QED) is 0.536. The number of ether oxygens (including phenoxy) is 3. The monoisotopic (exact) mass is 405 g/mol. The Balaban J connectivity index is 2.04. The topological polar surface area (TPSA) is 70.8 Å². The Hall–Kier alpha value is -2.54. The number of halogens is 1. The highest BCUT2D eigenvalue weighted by molar-refractivity contribution is 9.10. The Kier molecular flexibility index (Phi) is 4.94. The van der Waals surface area contributed by atoms with Crippen LogP contribution in [0.1, 0.15) is 24.2 Å². The zero-order chi connectivity index (χ0) is 18.0. The Morgan fingerprint density at radius 3 is 2.72 bits per heavy atom. The Morgan fingerprint density at radius 1 is 1.24 bits per heavy atom. The molecule has 0 fully saturated rings. The first-order valence-corrected chi connectivity index (χ1v) is 8.45. The average Bonchev–Trinajstić information content (AvgIpc) is 2.61. The summed E-state index contributed by atoms with van der Waals surface area (Å²) in [5.74, 6) is 1.68. The molecular formula is C18H16BrNO5. The molecule has 1 aliphatic heterocycles. The van der Waals surface area contributed by atoms with Crippen LogP contribution in [-0.2, 0) is 0 Å². The van der Waals surface area contributed by atoms with Crippen LogP contribution >= 0.6 is 15.9 Å². The van der Waals surface area contributed by atoms with Crippen molar-refractivity contribution in [3.8, 4) is 17.2 Å². The van der Waals surface area contributed by atoms with E-state index < -0.39 is 11.0 Å². The molecule has 1 aliphatic rings. The van der Waals surface area contributed by atoms with Crippen molar-refractivity contribution in [2.45, 2.75) is 13.0 Å². The van der Waals surface area contributed by atoms with Gasteiger partial charge in [-0.05, 0) is 37.3 Å². The van der Waals surface area contributed by atoms with E-state index in [1.54, 1.807) is 30.3 Å². The minimum atomic E-state index is -0.826. The number of hydrogen-bond donors (Lipinski definition) is 0. The largest absolute Gasteiger partial charge is 0.493 e. The molecule has 0 aromatic heterocycles. The van der Waals surface area contributed by atoms with E-state index in [2.05, 4.69) is 15.9 Å². The zero-order valence-electron chi connectivity index (χ0n) is 13.7. The average molecular weight is 406 g/mol. The molecule has 0 N–H and O–H groups in total. The van der Waals surface area contributed by atoms with Crippen LogP contribution in [0.5, 0.6) is 17.2 Å². The van der Waals surface area contributed by atoms with Crippen molar-refractivity contribution in [3.05, 3.63) is 67.8 Å². The molecule has 0 aliphatic carbocycles. The molecule has 2 aromatic rings. The second kappa shape index (κ2) is 7.14. The third kappa shape index (κ3) is 3.46. The van der Waals surface area contributed by atoms with Gasteiger partial charge >= 0.3 is 0 Å². The van der Waals surface area contributed by atoms with Crippen LogP contribution < -0.4 is 14.2 Å². The molecule has 7 heteroatoms. The van der Waals surface area contributed by atoms with E-state index in [4.69, 9.17) is 14.2 Å². The summed E-state index contributed by atoms with van der Waals surface area (Å²) < 4.78 is 17.6. The molecule has 0 spiro atoms. The maximum absolute atomic E-state index is 11.5. The minimum absolute atomic E-state index is 0.0307. The predicted octanol–water partition coefficient (Wildman–Crippen LogP) is 4.61. The van der Waals surface area contributed by atoms with Gasteiger partial charge in [0.05, 0.1) is 18.6 Å². The summed E-state index contributed by atoms with van der Waals surface area (Å²) >= 11 is 3.36. The third-order valence-electron chi connectivity index (χ3n) is 3.79. The molecule has 0 amide bonds. The summed E-state index contributed by atoms with van der Waals surface area (Å²) in [6, 6.07) is 10.6. The van der Waals surface area contributed by atoms with Gasteiger partial charge in [-0.1, -0.05) is 22.0 Å². The third-order valence-corrected chi connectivity index (χ3v) is 4.28. The van der Waals surface area contributed by atoms with Gasteiger partial charge in [0.2, 0.25) is 6.10 Å². The Bertz CT molecular complexity index is 849. The number of methoxy groups -OCH3 is 1. The van der Waals surface area contributed by atoms with Gasteiger partial charge in [0.1, 0.15) is 5.75 Å². The molecule has 0 unspecified atom stereocenters. The van der Waals surface area contributed by atoms with Gasteiger partial charge in [0, 0.05) is 21.7 Å². The van der Waals surface area contributed by atoms with E-state index in [-0.39, 0.29) is 5.70 Å². The second-order valence-corrected chi connectivity index (χ2v) is 6.27. The van der Waals surface area contributed by atoms with Gasteiger partial charge in [-0.2, -0.15) is 0 Å². The summed E-state index contributed by atoms with van der Waals surface area (Å²) in [4.78, 5) is 11.1. The standard InChI is InChI=1S/C18H16BrNO5/c1-3-24-16-6-4-11(10-17(16)23-2)18-14(20(21)22)9-12-8-13(19)5-7-15(12)25-18/h4-10,18H,3H2,1-2H3/t18-/m1/s1. The molecule has 1 heterocycles. The van der Waals surface area contributed by atoms with Gasteiger partial charge in [-0.25, -0.2) is 0 Å². The van der Waals surface area contributed by atoms with Gasteiger partial charge in [-0.15, -0.1) is 0 Å². The summed E-state index contributed by atoms with van der Waals surface area (Å²) in [5.41, 5.74) is 1.25. The van der Waals surface area contributed by atoms with Crippen LogP contribution in [0.4, 0.5) is 0 Å². The molecule has 0 saturated carbocycles. The summed E-state index contributed by atoms with van der Waals surface area (Å²) in [6.45, 7) is 2.37. The van der Waals surface area contributed by atoms with Gasteiger partial charge in [0.15, 0.2) is 11.5 Å². The molecule has 2 aromatic carbocycles. The first-order chi connectivity index (χ1) is 12.0. The van der Waals surface area contributed by atoms with Gasteiger partial charge in [-0.3, -0.25) is 10.1 Å². The van der Waals surface area contributed by atoms with Crippen LogP contribution in [0.25, 0.3) is 6.08 Å². The van der Waals surface area contributed by atoms with Crippen molar-refractivity contribution in [2.24, 2.45) is 0 Å². The van der Waals surface area contributed by atoms with Crippen molar-refractivity contribution in [3.63, 3.8) is 0 Å². The van der Waals surface area contributed by atoms with E-state index in [0.717, 1.165) is 4.47 Å². The molecule has 1 atom stereocenters. The fourth-order valence-corrected chi connectivity index (χ4v) is 3.05. The SMILES string of the molecule is CCOc1ccc([C@H]2Oc3ccc(Br)cc3C=C2[N+](=O)[O-])cc1OC. The maximum atomic E-state index is 11.5. The normalized spacial score (nSPS) is 15.6.